The van der Waals surface area contributed by atoms with Gasteiger partial charge in [-0.15, -0.1) is 0 Å². The molecule has 112 valence electrons. The van der Waals surface area contributed by atoms with E-state index in [1.54, 1.807) is 18.3 Å². The van der Waals surface area contributed by atoms with Gasteiger partial charge >= 0.3 is 6.61 Å². The minimum atomic E-state index is -2.83. The van der Waals surface area contributed by atoms with Crippen LogP contribution in [0.1, 0.15) is 13.3 Å². The van der Waals surface area contributed by atoms with Gasteiger partial charge < -0.3 is 10.1 Å². The smallest absolute Gasteiger partial charge is 0.387 e. The summed E-state index contributed by atoms with van der Waals surface area (Å²) in [5.41, 5.74) is 0.726. The van der Waals surface area contributed by atoms with Gasteiger partial charge in [0.25, 0.3) is 0 Å². The maximum atomic E-state index is 12.1. The van der Waals surface area contributed by atoms with Crippen LogP contribution in [0.3, 0.4) is 0 Å². The monoisotopic (exact) mass is 357 g/mol. The highest BCUT2D eigenvalue weighted by Crippen LogP contribution is 2.25. The molecule has 21 heavy (non-hydrogen) atoms. The van der Waals surface area contributed by atoms with Crippen molar-refractivity contribution in [3.05, 3.63) is 34.9 Å². The second-order valence-corrected chi connectivity index (χ2v) is 5.07. The molecule has 0 saturated heterocycles. The van der Waals surface area contributed by atoms with Gasteiger partial charge in [0, 0.05) is 18.3 Å². The summed E-state index contributed by atoms with van der Waals surface area (Å²) < 4.78 is 29.3. The highest BCUT2D eigenvalue weighted by molar-refractivity contribution is 9.10. The Morgan fingerprint density at radius 1 is 1.29 bits per heavy atom. The minimum Gasteiger partial charge on any atom is -0.435 e. The zero-order chi connectivity index (χ0) is 15.2. The summed E-state index contributed by atoms with van der Waals surface area (Å²) in [6.07, 6.45) is 2.63. The Kier molecular flexibility index (Phi) is 5.44. The molecule has 2 aromatic rings. The van der Waals surface area contributed by atoms with Crippen molar-refractivity contribution >= 4 is 21.7 Å². The number of rotatable bonds is 6. The van der Waals surface area contributed by atoms with E-state index < -0.39 is 6.61 Å². The first kappa shape index (κ1) is 15.6. The van der Waals surface area contributed by atoms with Crippen LogP contribution in [0.4, 0.5) is 14.6 Å². The average molecular weight is 358 g/mol. The third-order valence-electron chi connectivity index (χ3n) is 2.62. The summed E-state index contributed by atoms with van der Waals surface area (Å²) in [5.74, 6) is 1.32. The van der Waals surface area contributed by atoms with Crippen LogP contribution in [0.25, 0.3) is 11.4 Å². The van der Waals surface area contributed by atoms with Crippen molar-refractivity contribution < 1.29 is 13.5 Å². The third-order valence-corrected chi connectivity index (χ3v) is 3.20. The summed E-state index contributed by atoms with van der Waals surface area (Å²) >= 11 is 3.38. The van der Waals surface area contributed by atoms with E-state index >= 15 is 0 Å². The molecule has 0 spiro atoms. The van der Waals surface area contributed by atoms with E-state index in [0.29, 0.717) is 11.6 Å². The number of aromatic nitrogens is 2. The zero-order valence-corrected chi connectivity index (χ0v) is 12.9. The number of benzene rings is 1. The van der Waals surface area contributed by atoms with Crippen LogP contribution in [0.2, 0.25) is 0 Å². The second-order valence-electron chi connectivity index (χ2n) is 4.22. The van der Waals surface area contributed by atoms with Gasteiger partial charge in [-0.1, -0.05) is 6.92 Å². The van der Waals surface area contributed by atoms with Crippen molar-refractivity contribution in [1.29, 1.82) is 0 Å². The van der Waals surface area contributed by atoms with Gasteiger partial charge in [-0.25, -0.2) is 9.97 Å². The van der Waals surface area contributed by atoms with Gasteiger partial charge in [0.05, 0.1) is 4.47 Å². The van der Waals surface area contributed by atoms with E-state index in [2.05, 4.69) is 42.9 Å². The SMILES string of the molecule is CCCNc1nc(-c2ccc(OC(F)F)cc2)ncc1Br. The van der Waals surface area contributed by atoms with E-state index in [0.717, 1.165) is 23.0 Å². The number of anilines is 1. The number of nitrogens with one attached hydrogen (secondary N) is 1. The molecule has 1 N–H and O–H groups in total. The molecule has 0 aliphatic carbocycles. The highest BCUT2D eigenvalue weighted by atomic mass is 79.9. The summed E-state index contributed by atoms with van der Waals surface area (Å²) in [6.45, 7) is 0.0330. The number of halogens is 3. The fourth-order valence-electron chi connectivity index (χ4n) is 1.66. The Morgan fingerprint density at radius 3 is 2.62 bits per heavy atom. The van der Waals surface area contributed by atoms with Crippen LogP contribution in [0, 0.1) is 0 Å². The standard InChI is InChI=1S/C14H14BrF2N3O/c1-2-7-18-13-11(15)8-19-12(20-13)9-3-5-10(6-4-9)21-14(16)17/h3-6,8,14H,2,7H2,1H3,(H,18,19,20). The summed E-state index contributed by atoms with van der Waals surface area (Å²) in [7, 11) is 0. The van der Waals surface area contributed by atoms with Crippen LogP contribution in [-0.2, 0) is 0 Å². The van der Waals surface area contributed by atoms with Crippen molar-refractivity contribution in [2.24, 2.45) is 0 Å². The Bertz CT molecular complexity index is 593. The molecule has 1 aromatic carbocycles. The van der Waals surface area contributed by atoms with Gasteiger partial charge in [-0.2, -0.15) is 8.78 Å². The van der Waals surface area contributed by atoms with E-state index in [4.69, 9.17) is 0 Å². The fraction of sp³-hybridized carbons (Fsp3) is 0.286. The molecule has 0 amide bonds. The van der Waals surface area contributed by atoms with Gasteiger partial charge in [0.15, 0.2) is 5.82 Å². The molecule has 2 rings (SSSR count). The Hall–Kier alpha value is -1.76. The molecule has 0 saturated carbocycles. The summed E-state index contributed by atoms with van der Waals surface area (Å²) in [6, 6.07) is 6.22. The van der Waals surface area contributed by atoms with Crippen LogP contribution >= 0.6 is 15.9 Å². The average Bonchev–Trinajstić information content (AvgIpc) is 2.47. The number of hydrogen-bond donors (Lipinski definition) is 1. The molecule has 0 bridgehead atoms. The molecule has 0 atom stereocenters. The van der Waals surface area contributed by atoms with Crippen molar-refractivity contribution in [2.75, 3.05) is 11.9 Å². The maximum absolute atomic E-state index is 12.1. The maximum Gasteiger partial charge on any atom is 0.387 e. The molecule has 0 fully saturated rings. The van der Waals surface area contributed by atoms with Crippen molar-refractivity contribution in [1.82, 2.24) is 9.97 Å². The molecule has 1 aromatic heterocycles. The highest BCUT2D eigenvalue weighted by Gasteiger charge is 2.08. The summed E-state index contributed by atoms with van der Waals surface area (Å²) in [5, 5.41) is 3.19. The van der Waals surface area contributed by atoms with E-state index in [1.807, 2.05) is 0 Å². The number of nitrogens with zero attached hydrogens (tertiary/aromatic N) is 2. The van der Waals surface area contributed by atoms with E-state index in [1.165, 1.54) is 12.1 Å². The fourth-order valence-corrected chi connectivity index (χ4v) is 1.99. The van der Waals surface area contributed by atoms with Crippen LogP contribution in [-0.4, -0.2) is 23.1 Å². The molecule has 0 radical (unpaired) electrons. The van der Waals surface area contributed by atoms with Gasteiger partial charge in [0.2, 0.25) is 0 Å². The first-order chi connectivity index (χ1) is 10.1. The van der Waals surface area contributed by atoms with E-state index in [9.17, 15) is 8.78 Å². The van der Waals surface area contributed by atoms with Crippen LogP contribution in [0.5, 0.6) is 5.75 Å². The molecule has 0 aliphatic rings. The lowest BCUT2D eigenvalue weighted by Crippen LogP contribution is -2.04. The van der Waals surface area contributed by atoms with Gasteiger partial charge in [-0.3, -0.25) is 0 Å². The Labute approximate surface area is 129 Å². The largest absolute Gasteiger partial charge is 0.435 e. The molecular weight excluding hydrogens is 344 g/mol. The molecule has 1 heterocycles. The summed E-state index contributed by atoms with van der Waals surface area (Å²) in [4.78, 5) is 8.63. The molecule has 0 aliphatic heterocycles. The third kappa shape index (κ3) is 4.35. The van der Waals surface area contributed by atoms with Gasteiger partial charge in [-0.05, 0) is 46.6 Å². The topological polar surface area (TPSA) is 47.0 Å². The normalized spacial score (nSPS) is 10.7. The lowest BCUT2D eigenvalue weighted by atomic mass is 10.2. The molecule has 7 heteroatoms. The predicted molar refractivity (Wildman–Crippen MR) is 80.6 cm³/mol. The van der Waals surface area contributed by atoms with Crippen molar-refractivity contribution in [3.8, 4) is 17.1 Å². The first-order valence-corrected chi connectivity index (χ1v) is 7.21. The van der Waals surface area contributed by atoms with Crippen LogP contribution in [0.15, 0.2) is 34.9 Å². The lowest BCUT2D eigenvalue weighted by molar-refractivity contribution is -0.0498. The quantitative estimate of drug-likeness (QED) is 0.835. The minimum absolute atomic E-state index is 0.107. The number of hydrogen-bond acceptors (Lipinski definition) is 4. The van der Waals surface area contributed by atoms with Crippen molar-refractivity contribution in [2.45, 2.75) is 20.0 Å². The molecule has 4 nitrogen and oxygen atoms in total. The van der Waals surface area contributed by atoms with E-state index in [-0.39, 0.29) is 5.75 Å². The number of alkyl halides is 2. The Balaban J connectivity index is 2.21. The zero-order valence-electron chi connectivity index (χ0n) is 11.3. The molecular formula is C14H14BrF2N3O. The van der Waals surface area contributed by atoms with Gasteiger partial charge in [0.1, 0.15) is 11.6 Å². The molecule has 0 unspecified atom stereocenters. The lowest BCUT2D eigenvalue weighted by Gasteiger charge is -2.09. The first-order valence-electron chi connectivity index (χ1n) is 6.41. The number of ether oxygens (including phenoxy) is 1. The predicted octanol–water partition coefficient (Wildman–Crippen LogP) is 4.33. The second kappa shape index (κ2) is 7.31. The van der Waals surface area contributed by atoms with Crippen molar-refractivity contribution in [3.63, 3.8) is 0 Å². The Morgan fingerprint density at radius 2 is 2.00 bits per heavy atom. The van der Waals surface area contributed by atoms with Crippen LogP contribution < -0.4 is 10.1 Å².